The molecule has 2 amide bonds. The maximum Gasteiger partial charge on any atom is 0.408 e. The van der Waals surface area contributed by atoms with Crippen molar-refractivity contribution in [1.29, 1.82) is 0 Å². The first kappa shape index (κ1) is 25.9. The average Bonchev–Trinajstić information content (AvgIpc) is 3.26. The van der Waals surface area contributed by atoms with E-state index < -0.39 is 35.1 Å². The third-order valence-electron chi connectivity index (χ3n) is 6.90. The summed E-state index contributed by atoms with van der Waals surface area (Å²) in [4.78, 5) is 34.6. The molecule has 3 heterocycles. The zero-order chi connectivity index (χ0) is 27.3. The maximum absolute atomic E-state index is 13.9. The smallest absolute Gasteiger partial charge is 0.408 e. The van der Waals surface area contributed by atoms with Crippen LogP contribution in [-0.2, 0) is 10.3 Å². The Morgan fingerprint density at radius 1 is 1.16 bits per heavy atom. The lowest BCUT2D eigenvalue weighted by molar-refractivity contribution is -0.0495. The summed E-state index contributed by atoms with van der Waals surface area (Å²) in [6, 6.07) is -0.684. The number of nitrogens with zero attached hydrogens (tertiary/aromatic N) is 6. The first-order valence-electron chi connectivity index (χ1n) is 12.6. The van der Waals surface area contributed by atoms with Crippen LogP contribution in [0.2, 0.25) is 0 Å². The van der Waals surface area contributed by atoms with Crippen molar-refractivity contribution in [2.75, 3.05) is 0 Å². The van der Waals surface area contributed by atoms with Gasteiger partial charge < -0.3 is 15.4 Å². The second kappa shape index (κ2) is 9.24. The van der Waals surface area contributed by atoms with Gasteiger partial charge in [0, 0.05) is 12.8 Å². The molecule has 1 atom stereocenters. The SMILES string of the molecule is Cc1nonc1C(=O)N[C@H](c1cn2ncc(C3(NC(=O)OC(C)(C)C)CC3)nc2n1)C1CCC(F)(F)CC1. The minimum absolute atomic E-state index is 0.0160. The van der Waals surface area contributed by atoms with Gasteiger partial charge in [-0.3, -0.25) is 4.79 Å². The van der Waals surface area contributed by atoms with Crippen molar-refractivity contribution in [2.24, 2.45) is 5.92 Å². The Balaban J connectivity index is 1.41. The molecule has 3 aromatic rings. The van der Waals surface area contributed by atoms with E-state index in [1.54, 1.807) is 40.1 Å². The molecule has 38 heavy (non-hydrogen) atoms. The first-order valence-corrected chi connectivity index (χ1v) is 12.6. The monoisotopic (exact) mass is 532 g/mol. The van der Waals surface area contributed by atoms with Gasteiger partial charge in [0.1, 0.15) is 11.3 Å². The molecular formula is C24H30F2N8O4. The zero-order valence-corrected chi connectivity index (χ0v) is 21.6. The van der Waals surface area contributed by atoms with E-state index in [9.17, 15) is 18.4 Å². The largest absolute Gasteiger partial charge is 0.444 e. The molecule has 14 heteroatoms. The number of fused-ring (bicyclic) bond motifs is 1. The van der Waals surface area contributed by atoms with Gasteiger partial charge in [0.2, 0.25) is 5.92 Å². The Kier molecular flexibility index (Phi) is 6.30. The number of imidazole rings is 1. The van der Waals surface area contributed by atoms with E-state index in [0.29, 0.717) is 29.9 Å². The van der Waals surface area contributed by atoms with E-state index in [-0.39, 0.29) is 43.1 Å². The molecule has 0 spiro atoms. The number of amides is 2. The minimum Gasteiger partial charge on any atom is -0.444 e. The molecule has 12 nitrogen and oxygen atoms in total. The molecule has 2 fully saturated rings. The molecule has 0 saturated heterocycles. The fourth-order valence-electron chi connectivity index (χ4n) is 4.72. The van der Waals surface area contributed by atoms with Crippen LogP contribution >= 0.6 is 0 Å². The number of nitrogens with one attached hydrogen (secondary N) is 2. The quantitative estimate of drug-likeness (QED) is 0.485. The zero-order valence-electron chi connectivity index (χ0n) is 21.6. The van der Waals surface area contributed by atoms with Crippen LogP contribution in [0.3, 0.4) is 0 Å². The standard InChI is InChI=1S/C24H30F2N8O4/c1-13-17(33-38-32-13)19(35)30-18(14-5-7-24(25,26)8-6-14)15-12-34-20(28-15)29-16(11-27-34)23(9-10-23)31-21(36)37-22(2,3)4/h11-12,14,18H,5-10H2,1-4H3,(H,30,35)(H,31,36)/t18-/m0/s1. The third kappa shape index (κ3) is 5.43. The van der Waals surface area contributed by atoms with E-state index in [0.717, 1.165) is 0 Å². The summed E-state index contributed by atoms with van der Waals surface area (Å²) in [7, 11) is 0. The molecular weight excluding hydrogens is 502 g/mol. The Bertz CT molecular complexity index is 1350. The highest BCUT2D eigenvalue weighted by Crippen LogP contribution is 2.45. The number of carbonyl (C=O) groups is 2. The molecule has 0 bridgehead atoms. The number of carbonyl (C=O) groups excluding carboxylic acids is 2. The Morgan fingerprint density at radius 3 is 2.47 bits per heavy atom. The van der Waals surface area contributed by atoms with Gasteiger partial charge in [-0.25, -0.2) is 32.7 Å². The van der Waals surface area contributed by atoms with Crippen LogP contribution in [0, 0.1) is 12.8 Å². The normalized spacial score (nSPS) is 19.6. The van der Waals surface area contributed by atoms with Crippen molar-refractivity contribution < 1.29 is 27.7 Å². The van der Waals surface area contributed by atoms with E-state index in [1.165, 1.54) is 4.52 Å². The van der Waals surface area contributed by atoms with E-state index in [2.05, 4.69) is 40.6 Å². The summed E-state index contributed by atoms with van der Waals surface area (Å²) in [5, 5.41) is 17.5. The number of hydrogen-bond acceptors (Lipinski definition) is 9. The van der Waals surface area contributed by atoms with Gasteiger partial charge >= 0.3 is 6.09 Å². The van der Waals surface area contributed by atoms with Gasteiger partial charge in [0.15, 0.2) is 5.69 Å². The molecule has 2 N–H and O–H groups in total. The van der Waals surface area contributed by atoms with Crippen molar-refractivity contribution in [2.45, 2.75) is 89.3 Å². The number of alkyl halides is 2. The highest BCUT2D eigenvalue weighted by atomic mass is 19.3. The summed E-state index contributed by atoms with van der Waals surface area (Å²) < 4.78 is 39.3. The van der Waals surface area contributed by atoms with Crippen LogP contribution in [-0.4, -0.2) is 53.4 Å². The van der Waals surface area contributed by atoms with E-state index >= 15 is 0 Å². The Hall–Kier alpha value is -3.71. The number of aromatic nitrogens is 6. The molecule has 0 radical (unpaired) electrons. The third-order valence-corrected chi connectivity index (χ3v) is 6.90. The summed E-state index contributed by atoms with van der Waals surface area (Å²) in [5.41, 5.74) is -0.0333. The second-order valence-electron chi connectivity index (χ2n) is 11.1. The van der Waals surface area contributed by atoms with E-state index in [1.807, 2.05) is 0 Å². The lowest BCUT2D eigenvalue weighted by atomic mass is 9.81. The fourth-order valence-corrected chi connectivity index (χ4v) is 4.72. The molecule has 0 unspecified atom stereocenters. The molecule has 3 aromatic heterocycles. The van der Waals surface area contributed by atoms with Gasteiger partial charge in [-0.2, -0.15) is 5.10 Å². The van der Waals surface area contributed by atoms with Gasteiger partial charge in [0.25, 0.3) is 11.7 Å². The minimum atomic E-state index is -2.73. The van der Waals surface area contributed by atoms with Crippen LogP contribution in [0.1, 0.15) is 92.9 Å². The van der Waals surface area contributed by atoms with Crippen LogP contribution in [0.25, 0.3) is 5.78 Å². The number of halogens is 2. The molecule has 0 aromatic carbocycles. The van der Waals surface area contributed by atoms with Gasteiger partial charge in [0.05, 0.1) is 35.4 Å². The molecule has 5 rings (SSSR count). The summed E-state index contributed by atoms with van der Waals surface area (Å²) in [6.45, 7) is 6.94. The average molecular weight is 533 g/mol. The van der Waals surface area contributed by atoms with Gasteiger partial charge in [-0.05, 0) is 64.5 Å². The molecule has 2 aliphatic carbocycles. The van der Waals surface area contributed by atoms with Crippen molar-refractivity contribution >= 4 is 17.8 Å². The van der Waals surface area contributed by atoms with Crippen molar-refractivity contribution in [3.63, 3.8) is 0 Å². The molecule has 2 saturated carbocycles. The van der Waals surface area contributed by atoms with Gasteiger partial charge in [-0.15, -0.1) is 0 Å². The Labute approximate surface area is 216 Å². The molecule has 0 aliphatic heterocycles. The summed E-state index contributed by atoms with van der Waals surface area (Å²) in [5.74, 6) is -3.29. The van der Waals surface area contributed by atoms with Crippen molar-refractivity contribution in [3.05, 3.63) is 35.2 Å². The fraction of sp³-hybridized carbons (Fsp3) is 0.625. The predicted octanol–water partition coefficient (Wildman–Crippen LogP) is 3.63. The number of hydrogen-bond donors (Lipinski definition) is 2. The first-order chi connectivity index (χ1) is 17.8. The highest BCUT2D eigenvalue weighted by molar-refractivity contribution is 5.93. The molecule has 204 valence electrons. The maximum atomic E-state index is 13.9. The number of ether oxygens (including phenoxy) is 1. The number of aryl methyl sites for hydroxylation is 1. The van der Waals surface area contributed by atoms with Crippen LogP contribution < -0.4 is 10.6 Å². The number of rotatable bonds is 6. The van der Waals surface area contributed by atoms with E-state index in [4.69, 9.17) is 4.74 Å². The number of alkyl carbamates (subject to hydrolysis) is 1. The lowest BCUT2D eigenvalue weighted by Gasteiger charge is -2.33. The van der Waals surface area contributed by atoms with Crippen molar-refractivity contribution in [1.82, 2.24) is 40.5 Å². The van der Waals surface area contributed by atoms with Crippen LogP contribution in [0.5, 0.6) is 0 Å². The lowest BCUT2D eigenvalue weighted by Crippen LogP contribution is -2.39. The van der Waals surface area contributed by atoms with Crippen molar-refractivity contribution in [3.8, 4) is 0 Å². The molecule has 2 aliphatic rings. The van der Waals surface area contributed by atoms with Crippen LogP contribution in [0.15, 0.2) is 17.0 Å². The summed E-state index contributed by atoms with van der Waals surface area (Å²) in [6.07, 6.45) is 3.84. The summed E-state index contributed by atoms with van der Waals surface area (Å²) >= 11 is 0. The van der Waals surface area contributed by atoms with Gasteiger partial charge in [-0.1, -0.05) is 5.16 Å². The topological polar surface area (TPSA) is 149 Å². The second-order valence-corrected chi connectivity index (χ2v) is 11.1. The Morgan fingerprint density at radius 2 is 1.87 bits per heavy atom. The highest BCUT2D eigenvalue weighted by Gasteiger charge is 2.48. The van der Waals surface area contributed by atoms with Crippen LogP contribution in [0.4, 0.5) is 13.6 Å². The predicted molar refractivity (Wildman–Crippen MR) is 127 cm³/mol.